The highest BCUT2D eigenvalue weighted by Crippen LogP contribution is 2.24. The number of rotatable bonds is 4. The van der Waals surface area contributed by atoms with Crippen molar-refractivity contribution in [3.8, 4) is 5.75 Å². The van der Waals surface area contributed by atoms with Crippen molar-refractivity contribution in [1.29, 1.82) is 0 Å². The number of nitrogens with two attached hydrogens (primary N) is 1. The molecule has 4 nitrogen and oxygen atoms in total. The van der Waals surface area contributed by atoms with Gasteiger partial charge in [0, 0.05) is 11.8 Å². The summed E-state index contributed by atoms with van der Waals surface area (Å²) in [6.45, 7) is 3.99. The molecular weight excluding hydrogens is 194 g/mol. The molecule has 1 aromatic rings. The van der Waals surface area contributed by atoms with Crippen LogP contribution >= 0.6 is 0 Å². The summed E-state index contributed by atoms with van der Waals surface area (Å²) in [7, 11) is 0. The van der Waals surface area contributed by atoms with Gasteiger partial charge in [0.2, 0.25) is 0 Å². The number of aryl methyl sites for hydroxylation is 2. The van der Waals surface area contributed by atoms with Crippen molar-refractivity contribution in [2.24, 2.45) is 0 Å². The summed E-state index contributed by atoms with van der Waals surface area (Å²) in [6.07, 6.45) is -0.00673. The number of anilines is 1. The first kappa shape index (κ1) is 11.4. The summed E-state index contributed by atoms with van der Waals surface area (Å²) in [6, 6.07) is 3.65. The molecule has 0 saturated heterocycles. The second-order valence-corrected chi connectivity index (χ2v) is 3.47. The van der Waals surface area contributed by atoms with Gasteiger partial charge < -0.3 is 15.6 Å². The number of carbonyl (C=O) groups is 1. The van der Waals surface area contributed by atoms with Gasteiger partial charge in [-0.05, 0) is 25.0 Å². The molecule has 15 heavy (non-hydrogen) atoms. The summed E-state index contributed by atoms with van der Waals surface area (Å²) in [5, 5.41) is 8.45. The van der Waals surface area contributed by atoms with Crippen LogP contribution < -0.4 is 10.5 Å². The van der Waals surface area contributed by atoms with Gasteiger partial charge >= 0.3 is 5.97 Å². The lowest BCUT2D eigenvalue weighted by Gasteiger charge is -2.10. The van der Waals surface area contributed by atoms with Gasteiger partial charge in [0.25, 0.3) is 0 Å². The third kappa shape index (κ3) is 3.16. The van der Waals surface area contributed by atoms with E-state index in [2.05, 4.69) is 0 Å². The molecule has 0 saturated carbocycles. The molecule has 1 rings (SSSR count). The number of ether oxygens (including phenoxy) is 1. The fraction of sp³-hybridized carbons (Fsp3) is 0.364. The first-order valence-electron chi connectivity index (χ1n) is 4.72. The van der Waals surface area contributed by atoms with E-state index in [1.807, 2.05) is 19.9 Å². The molecule has 0 heterocycles. The highest BCUT2D eigenvalue weighted by Gasteiger charge is 2.04. The van der Waals surface area contributed by atoms with E-state index in [1.165, 1.54) is 0 Å². The van der Waals surface area contributed by atoms with Gasteiger partial charge in [-0.3, -0.25) is 4.79 Å². The molecule has 1 aromatic carbocycles. The number of carboxylic acids is 1. The van der Waals surface area contributed by atoms with Crippen molar-refractivity contribution < 1.29 is 14.6 Å². The summed E-state index contributed by atoms with van der Waals surface area (Å²) in [5.41, 5.74) is 8.35. The fourth-order valence-corrected chi connectivity index (χ4v) is 1.25. The molecule has 0 spiro atoms. The molecule has 0 atom stereocenters. The van der Waals surface area contributed by atoms with Crippen LogP contribution in [0.25, 0.3) is 0 Å². The largest absolute Gasteiger partial charge is 0.493 e. The van der Waals surface area contributed by atoms with Crippen LogP contribution in [0.3, 0.4) is 0 Å². The van der Waals surface area contributed by atoms with E-state index >= 15 is 0 Å². The first-order valence-corrected chi connectivity index (χ1v) is 4.72. The van der Waals surface area contributed by atoms with Crippen LogP contribution in [0.4, 0.5) is 5.69 Å². The molecule has 0 aliphatic carbocycles. The van der Waals surface area contributed by atoms with Crippen LogP contribution in [0.2, 0.25) is 0 Å². The van der Waals surface area contributed by atoms with Crippen LogP contribution in [0, 0.1) is 13.8 Å². The minimum Gasteiger partial charge on any atom is -0.493 e. The average Bonchev–Trinajstić information content (AvgIpc) is 2.13. The highest BCUT2D eigenvalue weighted by atomic mass is 16.5. The molecule has 0 amide bonds. The third-order valence-corrected chi connectivity index (χ3v) is 2.14. The molecule has 0 unspecified atom stereocenters. The monoisotopic (exact) mass is 209 g/mol. The molecule has 0 aliphatic rings. The quantitative estimate of drug-likeness (QED) is 0.741. The van der Waals surface area contributed by atoms with Crippen molar-refractivity contribution in [2.45, 2.75) is 20.3 Å². The van der Waals surface area contributed by atoms with Crippen molar-refractivity contribution in [1.82, 2.24) is 0 Å². The molecular formula is C11H15NO3. The lowest BCUT2D eigenvalue weighted by molar-refractivity contribution is -0.137. The van der Waals surface area contributed by atoms with Gasteiger partial charge in [-0.25, -0.2) is 0 Å². The molecule has 0 aromatic heterocycles. The fourth-order valence-electron chi connectivity index (χ4n) is 1.25. The zero-order chi connectivity index (χ0) is 11.4. The summed E-state index contributed by atoms with van der Waals surface area (Å²) in [5.74, 6) is -0.216. The summed E-state index contributed by atoms with van der Waals surface area (Å²) >= 11 is 0. The predicted octanol–water partition coefficient (Wildman–Crippen LogP) is 1.74. The van der Waals surface area contributed by atoms with Gasteiger partial charge in [-0.1, -0.05) is 6.07 Å². The van der Waals surface area contributed by atoms with E-state index < -0.39 is 5.97 Å². The number of nitrogen functional groups attached to an aromatic ring is 1. The van der Waals surface area contributed by atoms with Crippen molar-refractivity contribution in [2.75, 3.05) is 12.3 Å². The lowest BCUT2D eigenvalue weighted by Crippen LogP contribution is -2.06. The maximum atomic E-state index is 10.3. The Morgan fingerprint density at radius 1 is 1.40 bits per heavy atom. The second kappa shape index (κ2) is 4.68. The molecule has 3 N–H and O–H groups in total. The van der Waals surface area contributed by atoms with Crippen LogP contribution in [0.1, 0.15) is 17.5 Å². The normalized spacial score (nSPS) is 10.0. The minimum atomic E-state index is -0.868. The minimum absolute atomic E-state index is 0.00673. The van der Waals surface area contributed by atoms with Crippen LogP contribution in [0.5, 0.6) is 5.75 Å². The topological polar surface area (TPSA) is 72.5 Å². The van der Waals surface area contributed by atoms with Gasteiger partial charge in [-0.2, -0.15) is 0 Å². The molecule has 82 valence electrons. The Kier molecular flexibility index (Phi) is 3.55. The van der Waals surface area contributed by atoms with Crippen LogP contribution in [-0.2, 0) is 4.79 Å². The Bertz CT molecular complexity index is 374. The van der Waals surface area contributed by atoms with Crippen LogP contribution in [-0.4, -0.2) is 17.7 Å². The van der Waals surface area contributed by atoms with Crippen molar-refractivity contribution in [3.63, 3.8) is 0 Å². The van der Waals surface area contributed by atoms with Gasteiger partial charge in [0.15, 0.2) is 0 Å². The third-order valence-electron chi connectivity index (χ3n) is 2.14. The Morgan fingerprint density at radius 2 is 2.07 bits per heavy atom. The smallest absolute Gasteiger partial charge is 0.306 e. The van der Waals surface area contributed by atoms with Gasteiger partial charge in [0.1, 0.15) is 5.75 Å². The van der Waals surface area contributed by atoms with E-state index in [4.69, 9.17) is 15.6 Å². The van der Waals surface area contributed by atoms with Crippen molar-refractivity contribution >= 4 is 11.7 Å². The summed E-state index contributed by atoms with van der Waals surface area (Å²) < 4.78 is 5.32. The van der Waals surface area contributed by atoms with E-state index in [9.17, 15) is 4.79 Å². The van der Waals surface area contributed by atoms with E-state index in [0.717, 1.165) is 11.1 Å². The first-order chi connectivity index (χ1) is 7.00. The van der Waals surface area contributed by atoms with E-state index in [-0.39, 0.29) is 13.0 Å². The highest BCUT2D eigenvalue weighted by molar-refractivity contribution is 5.66. The Hall–Kier alpha value is -1.71. The number of hydrogen-bond donors (Lipinski definition) is 2. The summed E-state index contributed by atoms with van der Waals surface area (Å²) in [4.78, 5) is 10.3. The Balaban J connectivity index is 2.69. The average molecular weight is 209 g/mol. The lowest BCUT2D eigenvalue weighted by atomic mass is 10.1. The van der Waals surface area contributed by atoms with Crippen LogP contribution in [0.15, 0.2) is 12.1 Å². The second-order valence-electron chi connectivity index (χ2n) is 3.47. The van der Waals surface area contributed by atoms with Gasteiger partial charge in [0.05, 0.1) is 13.0 Å². The molecule has 0 fully saturated rings. The van der Waals surface area contributed by atoms with Crippen molar-refractivity contribution in [3.05, 3.63) is 23.3 Å². The maximum absolute atomic E-state index is 10.3. The van der Waals surface area contributed by atoms with E-state index in [0.29, 0.717) is 11.4 Å². The number of aliphatic carboxylic acids is 1. The standard InChI is InChI=1S/C11H15NO3/c1-7-5-8(2)10(6-9(7)12)15-4-3-11(13)14/h5-6H,3-4,12H2,1-2H3,(H,13,14). The SMILES string of the molecule is Cc1cc(C)c(OCCC(=O)O)cc1N. The maximum Gasteiger partial charge on any atom is 0.306 e. The number of benzene rings is 1. The number of hydrogen-bond acceptors (Lipinski definition) is 3. The zero-order valence-corrected chi connectivity index (χ0v) is 8.91. The van der Waals surface area contributed by atoms with Gasteiger partial charge in [-0.15, -0.1) is 0 Å². The molecule has 0 aliphatic heterocycles. The van der Waals surface area contributed by atoms with E-state index in [1.54, 1.807) is 6.07 Å². The Labute approximate surface area is 88.7 Å². The Morgan fingerprint density at radius 3 is 2.67 bits per heavy atom. The zero-order valence-electron chi connectivity index (χ0n) is 8.91. The predicted molar refractivity (Wildman–Crippen MR) is 58.1 cm³/mol. The molecule has 0 radical (unpaired) electrons. The molecule has 4 heteroatoms. The molecule has 0 bridgehead atoms. The number of carboxylic acid groups (broad SMARTS) is 1.